The molecule has 1 aromatic carbocycles. The molecule has 0 saturated heterocycles. The van der Waals surface area contributed by atoms with Gasteiger partial charge in [-0.05, 0) is 44.0 Å². The van der Waals surface area contributed by atoms with Crippen LogP contribution in [0.2, 0.25) is 0 Å². The Morgan fingerprint density at radius 1 is 1.26 bits per heavy atom. The monoisotopic (exact) mass is 381 g/mol. The second kappa shape index (κ2) is 8.08. The maximum absolute atomic E-state index is 13.0. The molecule has 0 aliphatic heterocycles. The summed E-state index contributed by atoms with van der Waals surface area (Å²) in [5.74, 6) is -0.262. The summed E-state index contributed by atoms with van der Waals surface area (Å²) in [5.41, 5.74) is 0.256. The maximum atomic E-state index is 13.0. The van der Waals surface area contributed by atoms with E-state index in [0.29, 0.717) is 18.8 Å². The van der Waals surface area contributed by atoms with E-state index in [1.54, 1.807) is 0 Å². The zero-order valence-corrected chi connectivity index (χ0v) is 15.0. The molecule has 1 aromatic heterocycles. The Kier molecular flexibility index (Phi) is 5.79. The highest BCUT2D eigenvalue weighted by molar-refractivity contribution is 5.93. The SMILES string of the molecule is CCCNCCNC(=O)c1nnn(-c2cccc(C(F)(F)F)c2)c1C1CC1. The van der Waals surface area contributed by atoms with E-state index < -0.39 is 11.7 Å². The molecule has 27 heavy (non-hydrogen) atoms. The van der Waals surface area contributed by atoms with Gasteiger partial charge in [-0.1, -0.05) is 18.2 Å². The van der Waals surface area contributed by atoms with E-state index in [2.05, 4.69) is 27.9 Å². The number of carbonyl (C=O) groups excluding carboxylic acids is 1. The van der Waals surface area contributed by atoms with E-state index >= 15 is 0 Å². The third-order valence-electron chi connectivity index (χ3n) is 4.32. The Bertz CT molecular complexity index is 799. The number of alkyl halides is 3. The number of halogens is 3. The highest BCUT2D eigenvalue weighted by atomic mass is 19.4. The van der Waals surface area contributed by atoms with Crippen molar-refractivity contribution in [2.24, 2.45) is 0 Å². The topological polar surface area (TPSA) is 71.8 Å². The Morgan fingerprint density at radius 2 is 2.04 bits per heavy atom. The third kappa shape index (κ3) is 4.65. The number of nitrogens with one attached hydrogen (secondary N) is 2. The Morgan fingerprint density at radius 3 is 2.70 bits per heavy atom. The number of aromatic nitrogens is 3. The molecule has 146 valence electrons. The molecule has 0 spiro atoms. The van der Waals surface area contributed by atoms with Gasteiger partial charge in [-0.25, -0.2) is 4.68 Å². The lowest BCUT2D eigenvalue weighted by molar-refractivity contribution is -0.137. The summed E-state index contributed by atoms with van der Waals surface area (Å²) in [6.45, 7) is 4.01. The molecular weight excluding hydrogens is 359 g/mol. The van der Waals surface area contributed by atoms with Crippen LogP contribution in [0.4, 0.5) is 13.2 Å². The van der Waals surface area contributed by atoms with Crippen LogP contribution < -0.4 is 10.6 Å². The summed E-state index contributed by atoms with van der Waals surface area (Å²) >= 11 is 0. The van der Waals surface area contributed by atoms with E-state index in [1.807, 2.05) is 0 Å². The fourth-order valence-electron chi connectivity index (χ4n) is 2.83. The van der Waals surface area contributed by atoms with Crippen molar-refractivity contribution in [3.8, 4) is 5.69 Å². The second-order valence-electron chi connectivity index (χ2n) is 6.56. The van der Waals surface area contributed by atoms with E-state index in [1.165, 1.54) is 16.8 Å². The van der Waals surface area contributed by atoms with Crippen molar-refractivity contribution in [3.05, 3.63) is 41.2 Å². The van der Waals surface area contributed by atoms with Crippen molar-refractivity contribution in [1.29, 1.82) is 0 Å². The van der Waals surface area contributed by atoms with E-state index in [0.717, 1.165) is 37.9 Å². The van der Waals surface area contributed by atoms with Gasteiger partial charge in [-0.15, -0.1) is 5.10 Å². The molecule has 0 bridgehead atoms. The highest BCUT2D eigenvalue weighted by Crippen LogP contribution is 2.42. The molecule has 6 nitrogen and oxygen atoms in total. The number of carbonyl (C=O) groups is 1. The zero-order valence-electron chi connectivity index (χ0n) is 15.0. The number of amides is 1. The van der Waals surface area contributed by atoms with Crippen LogP contribution in [0.5, 0.6) is 0 Å². The van der Waals surface area contributed by atoms with Crippen LogP contribution in [-0.4, -0.2) is 40.5 Å². The van der Waals surface area contributed by atoms with Crippen LogP contribution in [0.15, 0.2) is 24.3 Å². The van der Waals surface area contributed by atoms with Gasteiger partial charge in [0.05, 0.1) is 16.9 Å². The number of hydrogen-bond donors (Lipinski definition) is 2. The molecule has 2 N–H and O–H groups in total. The molecule has 1 amide bonds. The van der Waals surface area contributed by atoms with Gasteiger partial charge in [0.15, 0.2) is 5.69 Å². The van der Waals surface area contributed by atoms with Crippen molar-refractivity contribution in [2.45, 2.75) is 38.3 Å². The summed E-state index contributed by atoms with van der Waals surface area (Å²) in [6.07, 6.45) is -1.71. The Hall–Kier alpha value is -2.42. The molecule has 1 aliphatic carbocycles. The van der Waals surface area contributed by atoms with E-state index in [-0.39, 0.29) is 23.2 Å². The largest absolute Gasteiger partial charge is 0.416 e. The molecule has 1 saturated carbocycles. The molecule has 0 unspecified atom stereocenters. The lowest BCUT2D eigenvalue weighted by Crippen LogP contribution is -2.32. The summed E-state index contributed by atoms with van der Waals surface area (Å²) < 4.78 is 40.4. The fourth-order valence-corrected chi connectivity index (χ4v) is 2.83. The van der Waals surface area contributed by atoms with Crippen molar-refractivity contribution in [1.82, 2.24) is 25.6 Å². The van der Waals surface area contributed by atoms with Gasteiger partial charge in [-0.3, -0.25) is 4.79 Å². The van der Waals surface area contributed by atoms with Crippen LogP contribution >= 0.6 is 0 Å². The minimum Gasteiger partial charge on any atom is -0.349 e. The molecule has 1 aliphatic rings. The van der Waals surface area contributed by atoms with Crippen molar-refractivity contribution in [2.75, 3.05) is 19.6 Å². The average Bonchev–Trinajstić information content (AvgIpc) is 3.38. The first-order valence-electron chi connectivity index (χ1n) is 9.04. The zero-order chi connectivity index (χ0) is 19.4. The van der Waals surface area contributed by atoms with Crippen LogP contribution in [0, 0.1) is 0 Å². The van der Waals surface area contributed by atoms with Crippen molar-refractivity contribution in [3.63, 3.8) is 0 Å². The first kappa shape index (κ1) is 19.3. The van der Waals surface area contributed by atoms with Gasteiger partial charge in [0.1, 0.15) is 0 Å². The van der Waals surface area contributed by atoms with Crippen LogP contribution in [0.25, 0.3) is 5.69 Å². The van der Waals surface area contributed by atoms with E-state index in [9.17, 15) is 18.0 Å². The van der Waals surface area contributed by atoms with Gasteiger partial charge < -0.3 is 10.6 Å². The Labute approximate surface area is 155 Å². The van der Waals surface area contributed by atoms with Crippen LogP contribution in [0.3, 0.4) is 0 Å². The minimum atomic E-state index is -4.44. The summed E-state index contributed by atoms with van der Waals surface area (Å²) in [7, 11) is 0. The lowest BCUT2D eigenvalue weighted by Gasteiger charge is -2.11. The normalized spacial score (nSPS) is 14.4. The molecule has 1 fully saturated rings. The molecular formula is C18H22F3N5O. The van der Waals surface area contributed by atoms with Gasteiger partial charge in [-0.2, -0.15) is 13.2 Å². The number of hydrogen-bond acceptors (Lipinski definition) is 4. The standard InChI is InChI=1S/C18H22F3N5O/c1-2-8-22-9-10-23-17(27)15-16(12-6-7-12)26(25-24-15)14-5-3-4-13(11-14)18(19,20)21/h3-5,11-12,22H,2,6-10H2,1H3,(H,23,27). The predicted molar refractivity (Wildman–Crippen MR) is 93.8 cm³/mol. The predicted octanol–water partition coefficient (Wildman–Crippen LogP) is 2.89. The van der Waals surface area contributed by atoms with Gasteiger partial charge in [0.25, 0.3) is 5.91 Å². The molecule has 9 heteroatoms. The summed E-state index contributed by atoms with van der Waals surface area (Å²) in [5, 5.41) is 13.9. The van der Waals surface area contributed by atoms with Gasteiger partial charge in [0, 0.05) is 19.0 Å². The summed E-state index contributed by atoms with van der Waals surface area (Å²) in [6, 6.07) is 4.90. The summed E-state index contributed by atoms with van der Waals surface area (Å²) in [4.78, 5) is 12.5. The molecule has 0 atom stereocenters. The lowest BCUT2D eigenvalue weighted by atomic mass is 10.1. The van der Waals surface area contributed by atoms with Crippen LogP contribution in [-0.2, 0) is 6.18 Å². The molecule has 0 radical (unpaired) electrons. The molecule has 3 rings (SSSR count). The average molecular weight is 381 g/mol. The van der Waals surface area contributed by atoms with Crippen molar-refractivity contribution < 1.29 is 18.0 Å². The molecule has 1 heterocycles. The molecule has 2 aromatic rings. The second-order valence-corrected chi connectivity index (χ2v) is 6.56. The first-order chi connectivity index (χ1) is 12.9. The minimum absolute atomic E-state index is 0.0912. The fraction of sp³-hybridized carbons (Fsp3) is 0.500. The van der Waals surface area contributed by atoms with E-state index in [4.69, 9.17) is 0 Å². The number of rotatable bonds is 8. The third-order valence-corrected chi connectivity index (χ3v) is 4.32. The van der Waals surface area contributed by atoms with Gasteiger partial charge >= 0.3 is 6.18 Å². The highest BCUT2D eigenvalue weighted by Gasteiger charge is 2.35. The number of benzene rings is 1. The quantitative estimate of drug-likeness (QED) is 0.690. The smallest absolute Gasteiger partial charge is 0.349 e. The number of nitrogens with zero attached hydrogens (tertiary/aromatic N) is 3. The van der Waals surface area contributed by atoms with Crippen LogP contribution in [0.1, 0.15) is 53.8 Å². The van der Waals surface area contributed by atoms with Crippen molar-refractivity contribution >= 4 is 5.91 Å². The van der Waals surface area contributed by atoms with Gasteiger partial charge in [0.2, 0.25) is 0 Å². The Balaban J connectivity index is 1.81. The maximum Gasteiger partial charge on any atom is 0.416 e. The first-order valence-corrected chi connectivity index (χ1v) is 9.04.